The highest BCUT2D eigenvalue weighted by Crippen LogP contribution is 2.79. The molecule has 5 unspecified atom stereocenters. The first kappa shape index (κ1) is 20.1. The van der Waals surface area contributed by atoms with Crippen LogP contribution in [0.4, 0.5) is 5.69 Å². The maximum atomic E-state index is 13.1. The molecule has 0 aromatic heterocycles. The third-order valence-electron chi connectivity index (χ3n) is 9.79. The molecule has 1 spiro atoms. The summed E-state index contributed by atoms with van der Waals surface area (Å²) >= 11 is 0. The number of fused-ring (bicyclic) bond motifs is 2. The Morgan fingerprint density at radius 3 is 2.87 bits per heavy atom. The van der Waals surface area contributed by atoms with Gasteiger partial charge in [0, 0.05) is 24.2 Å². The van der Waals surface area contributed by atoms with Crippen molar-refractivity contribution in [3.8, 4) is 5.75 Å². The average molecular weight is 423 g/mol. The van der Waals surface area contributed by atoms with E-state index in [0.717, 1.165) is 41.3 Å². The molecule has 168 valence electrons. The minimum Gasteiger partial charge on any atom is -0.492 e. The number of carbonyl (C=O) groups excluding carboxylic acids is 1. The van der Waals surface area contributed by atoms with E-state index in [1.807, 2.05) is 18.2 Å². The van der Waals surface area contributed by atoms with Gasteiger partial charge in [-0.2, -0.15) is 0 Å². The number of likely N-dealkylation sites (tertiary alicyclic amines) is 1. The molecule has 1 N–H and O–H groups in total. The third kappa shape index (κ3) is 3.41. The molecule has 1 aromatic carbocycles. The van der Waals surface area contributed by atoms with E-state index in [-0.39, 0.29) is 5.91 Å². The number of hydrogen-bond acceptors (Lipinski definition) is 3. The molecule has 4 saturated carbocycles. The lowest BCUT2D eigenvalue weighted by molar-refractivity contribution is -0.119. The Kier molecular flexibility index (Phi) is 4.86. The molecule has 3 bridgehead atoms. The van der Waals surface area contributed by atoms with Gasteiger partial charge in [-0.3, -0.25) is 9.69 Å². The summed E-state index contributed by atoms with van der Waals surface area (Å²) in [5, 5.41) is 3.26. The van der Waals surface area contributed by atoms with Crippen molar-refractivity contribution in [3.63, 3.8) is 0 Å². The lowest BCUT2D eigenvalue weighted by atomic mass is 9.55. The number of carbonyl (C=O) groups is 1. The summed E-state index contributed by atoms with van der Waals surface area (Å²) in [6.07, 6.45) is 13.0. The van der Waals surface area contributed by atoms with Crippen LogP contribution in [0.25, 0.3) is 0 Å². The Bertz CT molecular complexity index is 859. The van der Waals surface area contributed by atoms with Crippen LogP contribution in [-0.2, 0) is 4.79 Å². The van der Waals surface area contributed by atoms with Crippen LogP contribution in [0.15, 0.2) is 18.2 Å². The van der Waals surface area contributed by atoms with Crippen molar-refractivity contribution in [1.82, 2.24) is 4.90 Å². The van der Waals surface area contributed by atoms with Gasteiger partial charge in [0.05, 0.1) is 0 Å². The number of rotatable bonds is 7. The smallest absolute Gasteiger partial charge is 0.224 e. The van der Waals surface area contributed by atoms with Crippen LogP contribution in [0, 0.1) is 35.5 Å². The summed E-state index contributed by atoms with van der Waals surface area (Å²) in [7, 11) is 0. The van der Waals surface area contributed by atoms with E-state index in [9.17, 15) is 4.79 Å². The normalized spacial score (nSPS) is 38.0. The van der Waals surface area contributed by atoms with Crippen molar-refractivity contribution in [3.05, 3.63) is 23.8 Å². The second-order valence-electron chi connectivity index (χ2n) is 11.7. The third-order valence-corrected chi connectivity index (χ3v) is 9.79. The summed E-state index contributed by atoms with van der Waals surface area (Å²) in [6.45, 7) is 6.18. The molecule has 6 rings (SSSR count). The van der Waals surface area contributed by atoms with Crippen molar-refractivity contribution in [2.75, 3.05) is 31.6 Å². The van der Waals surface area contributed by atoms with Crippen LogP contribution < -0.4 is 10.1 Å². The molecule has 4 heteroatoms. The second kappa shape index (κ2) is 7.50. The van der Waals surface area contributed by atoms with Gasteiger partial charge in [0.2, 0.25) is 5.91 Å². The van der Waals surface area contributed by atoms with Crippen LogP contribution in [0.3, 0.4) is 0 Å². The van der Waals surface area contributed by atoms with Gasteiger partial charge in [0.25, 0.3) is 0 Å². The van der Waals surface area contributed by atoms with Gasteiger partial charge in [0.15, 0.2) is 0 Å². The first-order chi connectivity index (χ1) is 15.1. The number of anilines is 1. The van der Waals surface area contributed by atoms with Crippen molar-refractivity contribution in [2.45, 2.75) is 71.1 Å². The van der Waals surface area contributed by atoms with E-state index in [2.05, 4.69) is 17.1 Å². The van der Waals surface area contributed by atoms with E-state index in [1.54, 1.807) is 0 Å². The molecule has 1 saturated heterocycles. The summed E-state index contributed by atoms with van der Waals surface area (Å²) in [5.41, 5.74) is 2.93. The lowest BCUT2D eigenvalue weighted by Crippen LogP contribution is -2.42. The zero-order valence-corrected chi connectivity index (χ0v) is 19.1. The maximum Gasteiger partial charge on any atom is 0.224 e. The van der Waals surface area contributed by atoms with E-state index in [1.165, 1.54) is 70.9 Å². The van der Waals surface area contributed by atoms with Crippen molar-refractivity contribution >= 4 is 11.6 Å². The Labute approximate surface area is 187 Å². The molecule has 5 aliphatic rings. The van der Waals surface area contributed by atoms with Crippen LogP contribution >= 0.6 is 0 Å². The number of amides is 1. The van der Waals surface area contributed by atoms with Gasteiger partial charge in [-0.15, -0.1) is 0 Å². The fourth-order valence-corrected chi connectivity index (χ4v) is 8.65. The maximum absolute atomic E-state index is 13.1. The molecule has 31 heavy (non-hydrogen) atoms. The molecule has 5 fully saturated rings. The number of nitrogens with one attached hydrogen (secondary N) is 1. The second-order valence-corrected chi connectivity index (χ2v) is 11.7. The molecule has 1 heterocycles. The highest BCUT2D eigenvalue weighted by molar-refractivity contribution is 5.92. The summed E-state index contributed by atoms with van der Waals surface area (Å²) in [5.74, 6) is 3.94. The minimum atomic E-state index is 0.212. The Balaban J connectivity index is 1.07. The fourth-order valence-electron chi connectivity index (χ4n) is 8.65. The largest absolute Gasteiger partial charge is 0.492 e. The zero-order chi connectivity index (χ0) is 21.1. The molecule has 1 amide bonds. The van der Waals surface area contributed by atoms with Crippen molar-refractivity contribution in [2.24, 2.45) is 28.6 Å². The zero-order valence-electron chi connectivity index (χ0n) is 19.1. The predicted octanol–water partition coefficient (Wildman–Crippen LogP) is 5.40. The van der Waals surface area contributed by atoms with Crippen molar-refractivity contribution < 1.29 is 9.53 Å². The first-order valence-corrected chi connectivity index (χ1v) is 12.8. The highest BCUT2D eigenvalue weighted by atomic mass is 16.5. The van der Waals surface area contributed by atoms with Crippen LogP contribution in [0.5, 0.6) is 5.75 Å². The summed E-state index contributed by atoms with van der Waals surface area (Å²) < 4.78 is 6.12. The van der Waals surface area contributed by atoms with E-state index in [0.29, 0.717) is 23.9 Å². The van der Waals surface area contributed by atoms with Gasteiger partial charge in [-0.05, 0) is 112 Å². The van der Waals surface area contributed by atoms with Crippen molar-refractivity contribution in [1.29, 1.82) is 0 Å². The van der Waals surface area contributed by atoms with E-state index >= 15 is 0 Å². The minimum absolute atomic E-state index is 0.212. The quantitative estimate of drug-likeness (QED) is 0.639. The monoisotopic (exact) mass is 422 g/mol. The first-order valence-electron chi connectivity index (χ1n) is 12.8. The van der Waals surface area contributed by atoms with Gasteiger partial charge in [-0.25, -0.2) is 0 Å². The molecule has 5 atom stereocenters. The molecule has 4 nitrogen and oxygen atoms in total. The number of nitrogens with zero attached hydrogens (tertiary/aromatic N) is 1. The van der Waals surface area contributed by atoms with Gasteiger partial charge < -0.3 is 10.1 Å². The standard InChI is InChI=1S/C27H38N2O2/c1-19-23(6-5-7-24(19)31-11-10-29-8-3-2-4-9-29)28-25(30)17-26-14-20-12-21-13-22(16-26)27(21,15-20)18-26/h5-7,20-22H,2-4,8-18H2,1H3,(H,28,30). The summed E-state index contributed by atoms with van der Waals surface area (Å²) in [4.78, 5) is 15.6. The topological polar surface area (TPSA) is 41.6 Å². The van der Waals surface area contributed by atoms with E-state index in [4.69, 9.17) is 4.74 Å². The fraction of sp³-hybridized carbons (Fsp3) is 0.741. The Morgan fingerprint density at radius 2 is 2.00 bits per heavy atom. The number of ether oxygens (including phenoxy) is 1. The van der Waals surface area contributed by atoms with E-state index < -0.39 is 0 Å². The number of benzene rings is 1. The van der Waals surface area contributed by atoms with Gasteiger partial charge in [-0.1, -0.05) is 12.5 Å². The van der Waals surface area contributed by atoms with Crippen LogP contribution in [0.1, 0.15) is 69.8 Å². The predicted molar refractivity (Wildman–Crippen MR) is 123 cm³/mol. The molecule has 0 radical (unpaired) electrons. The Morgan fingerprint density at radius 1 is 1.13 bits per heavy atom. The van der Waals surface area contributed by atoms with Gasteiger partial charge in [0.1, 0.15) is 12.4 Å². The Hall–Kier alpha value is -1.55. The highest BCUT2D eigenvalue weighted by Gasteiger charge is 2.70. The van der Waals surface area contributed by atoms with Crippen LogP contribution in [-0.4, -0.2) is 37.0 Å². The molecule has 1 aliphatic heterocycles. The summed E-state index contributed by atoms with van der Waals surface area (Å²) in [6, 6.07) is 6.07. The number of hydrogen-bond donors (Lipinski definition) is 1. The average Bonchev–Trinajstić information content (AvgIpc) is 3.06. The van der Waals surface area contributed by atoms with Crippen LogP contribution in [0.2, 0.25) is 0 Å². The molecular formula is C27H38N2O2. The van der Waals surface area contributed by atoms with Gasteiger partial charge >= 0.3 is 0 Å². The SMILES string of the molecule is Cc1c(NC(=O)CC23CC4CC5CC(C2)C5(C4)C3)cccc1OCCN1CCCCC1. The molecular weight excluding hydrogens is 384 g/mol. The number of piperidine rings is 1. The molecule has 1 aromatic rings. The lowest BCUT2D eigenvalue weighted by Gasteiger charge is -2.49. The molecule has 4 aliphatic carbocycles.